The largest absolute Gasteiger partial charge is 0.289 e. The zero-order chi connectivity index (χ0) is 10.1. The van der Waals surface area contributed by atoms with E-state index in [4.69, 9.17) is 0 Å². The van der Waals surface area contributed by atoms with Gasteiger partial charge in [-0.3, -0.25) is 9.98 Å². The lowest BCUT2D eigenvalue weighted by molar-refractivity contribution is 0.395. The van der Waals surface area contributed by atoms with Gasteiger partial charge in [0.2, 0.25) is 0 Å². The molecule has 2 nitrogen and oxygen atoms in total. The maximum Gasteiger partial charge on any atom is 0.142 e. The van der Waals surface area contributed by atoms with E-state index in [1.54, 1.807) is 19.4 Å². The standard InChI is InChI=1S/C10H10BrFN2/c1-13-10-7-4-14-5-8(11)6(7)2-3-9(10)12/h4-5,9H,2-3H2,1H3. The summed E-state index contributed by atoms with van der Waals surface area (Å²) in [4.78, 5) is 8.03. The monoisotopic (exact) mass is 256 g/mol. The molecule has 14 heavy (non-hydrogen) atoms. The number of alkyl halides is 1. The van der Waals surface area contributed by atoms with Gasteiger partial charge in [0.1, 0.15) is 6.17 Å². The van der Waals surface area contributed by atoms with Gasteiger partial charge < -0.3 is 0 Å². The van der Waals surface area contributed by atoms with Crippen molar-refractivity contribution in [1.82, 2.24) is 4.98 Å². The Bertz CT molecular complexity index is 390. The van der Waals surface area contributed by atoms with E-state index < -0.39 is 6.17 Å². The molecule has 0 aromatic carbocycles. The molecular weight excluding hydrogens is 247 g/mol. The molecule has 0 fully saturated rings. The zero-order valence-electron chi connectivity index (χ0n) is 7.80. The van der Waals surface area contributed by atoms with Gasteiger partial charge in [-0.2, -0.15) is 0 Å². The predicted molar refractivity (Wildman–Crippen MR) is 57.6 cm³/mol. The number of halogens is 2. The first kappa shape index (κ1) is 9.77. The molecule has 2 rings (SSSR count). The lowest BCUT2D eigenvalue weighted by Crippen LogP contribution is -2.25. The minimum atomic E-state index is -0.941. The van der Waals surface area contributed by atoms with E-state index in [1.165, 1.54) is 0 Å². The van der Waals surface area contributed by atoms with Gasteiger partial charge in [0, 0.05) is 29.5 Å². The molecule has 1 aliphatic rings. The van der Waals surface area contributed by atoms with E-state index in [-0.39, 0.29) is 0 Å². The summed E-state index contributed by atoms with van der Waals surface area (Å²) in [6.07, 6.45) is 3.75. The first-order chi connectivity index (χ1) is 6.74. The molecule has 0 radical (unpaired) electrons. The van der Waals surface area contributed by atoms with Crippen LogP contribution in [0.3, 0.4) is 0 Å². The average Bonchev–Trinajstić information content (AvgIpc) is 2.18. The van der Waals surface area contributed by atoms with Crippen molar-refractivity contribution in [2.45, 2.75) is 19.0 Å². The fraction of sp³-hybridized carbons (Fsp3) is 0.400. The molecule has 0 aliphatic heterocycles. The Balaban J connectivity index is 2.58. The van der Waals surface area contributed by atoms with Crippen molar-refractivity contribution >= 4 is 21.6 Å². The van der Waals surface area contributed by atoms with Gasteiger partial charge in [-0.1, -0.05) is 0 Å². The molecular formula is C10H10BrFN2. The molecule has 0 amide bonds. The topological polar surface area (TPSA) is 25.2 Å². The summed E-state index contributed by atoms with van der Waals surface area (Å²) in [6, 6.07) is 0. The Kier molecular flexibility index (Phi) is 2.63. The normalized spacial score (nSPS) is 23.6. The molecule has 0 bridgehead atoms. The Morgan fingerprint density at radius 2 is 2.36 bits per heavy atom. The van der Waals surface area contributed by atoms with Crippen LogP contribution in [0.15, 0.2) is 21.9 Å². The second-order valence-electron chi connectivity index (χ2n) is 3.26. The van der Waals surface area contributed by atoms with E-state index in [2.05, 4.69) is 25.9 Å². The van der Waals surface area contributed by atoms with Crippen molar-refractivity contribution in [3.05, 3.63) is 28.0 Å². The quantitative estimate of drug-likeness (QED) is 0.701. The maximum absolute atomic E-state index is 13.5. The minimum absolute atomic E-state index is 0.516. The highest BCUT2D eigenvalue weighted by atomic mass is 79.9. The third-order valence-corrected chi connectivity index (χ3v) is 3.15. The molecule has 4 heteroatoms. The summed E-state index contributed by atoms with van der Waals surface area (Å²) in [5.74, 6) is 0. The number of hydrogen-bond acceptors (Lipinski definition) is 2. The van der Waals surface area contributed by atoms with Gasteiger partial charge in [0.05, 0.1) is 5.71 Å². The molecule has 1 aromatic heterocycles. The van der Waals surface area contributed by atoms with Crippen LogP contribution in [-0.2, 0) is 6.42 Å². The third kappa shape index (κ3) is 1.47. The van der Waals surface area contributed by atoms with Crippen molar-refractivity contribution in [2.24, 2.45) is 4.99 Å². The molecule has 0 saturated heterocycles. The Hall–Kier alpha value is -0.770. The molecule has 0 spiro atoms. The van der Waals surface area contributed by atoms with E-state index in [9.17, 15) is 4.39 Å². The third-order valence-electron chi connectivity index (χ3n) is 2.47. The SMILES string of the molecule is CN=C1c2cncc(Br)c2CCC1F. The highest BCUT2D eigenvalue weighted by molar-refractivity contribution is 9.10. The van der Waals surface area contributed by atoms with Crippen LogP contribution >= 0.6 is 15.9 Å². The number of hydrogen-bond donors (Lipinski definition) is 0. The van der Waals surface area contributed by atoms with Crippen molar-refractivity contribution in [3.8, 4) is 0 Å². The van der Waals surface area contributed by atoms with Crippen LogP contribution in [0.5, 0.6) is 0 Å². The van der Waals surface area contributed by atoms with Crippen molar-refractivity contribution in [2.75, 3.05) is 7.05 Å². The minimum Gasteiger partial charge on any atom is -0.289 e. The summed E-state index contributed by atoms with van der Waals surface area (Å²) in [6.45, 7) is 0. The van der Waals surface area contributed by atoms with Crippen LogP contribution in [0.4, 0.5) is 4.39 Å². The van der Waals surface area contributed by atoms with Crippen molar-refractivity contribution < 1.29 is 4.39 Å². The number of fused-ring (bicyclic) bond motifs is 1. The summed E-state index contributed by atoms with van der Waals surface area (Å²) in [7, 11) is 1.62. The van der Waals surface area contributed by atoms with Crippen LogP contribution in [-0.4, -0.2) is 23.9 Å². The Morgan fingerprint density at radius 3 is 3.07 bits per heavy atom. The van der Waals surface area contributed by atoms with Gasteiger partial charge in [0.15, 0.2) is 0 Å². The van der Waals surface area contributed by atoms with Crippen LogP contribution < -0.4 is 0 Å². The van der Waals surface area contributed by atoms with Gasteiger partial charge in [0.25, 0.3) is 0 Å². The second kappa shape index (κ2) is 3.77. The summed E-state index contributed by atoms with van der Waals surface area (Å²) < 4.78 is 14.4. The number of aromatic nitrogens is 1. The van der Waals surface area contributed by atoms with Crippen molar-refractivity contribution in [1.29, 1.82) is 0 Å². The van der Waals surface area contributed by atoms with E-state index >= 15 is 0 Å². The molecule has 0 N–H and O–H groups in total. The molecule has 74 valence electrons. The molecule has 1 unspecified atom stereocenters. The lowest BCUT2D eigenvalue weighted by Gasteiger charge is -2.21. The Labute approximate surface area is 90.4 Å². The van der Waals surface area contributed by atoms with E-state index in [0.717, 1.165) is 22.0 Å². The van der Waals surface area contributed by atoms with Crippen molar-refractivity contribution in [3.63, 3.8) is 0 Å². The summed E-state index contributed by atoms with van der Waals surface area (Å²) >= 11 is 3.42. The van der Waals surface area contributed by atoms with Crippen LogP contribution in [0.1, 0.15) is 17.5 Å². The first-order valence-electron chi connectivity index (χ1n) is 4.47. The van der Waals surface area contributed by atoms with Gasteiger partial charge in [-0.25, -0.2) is 4.39 Å². The van der Waals surface area contributed by atoms with Crippen LogP contribution in [0.2, 0.25) is 0 Å². The number of rotatable bonds is 0. The van der Waals surface area contributed by atoms with Crippen LogP contribution in [0, 0.1) is 0 Å². The fourth-order valence-corrected chi connectivity index (χ4v) is 2.30. The zero-order valence-corrected chi connectivity index (χ0v) is 9.38. The smallest absolute Gasteiger partial charge is 0.142 e. The van der Waals surface area contributed by atoms with Gasteiger partial charge in [-0.15, -0.1) is 0 Å². The molecule has 1 aromatic rings. The first-order valence-corrected chi connectivity index (χ1v) is 5.27. The maximum atomic E-state index is 13.5. The summed E-state index contributed by atoms with van der Waals surface area (Å²) in [5.41, 5.74) is 2.50. The van der Waals surface area contributed by atoms with E-state index in [0.29, 0.717) is 12.1 Å². The molecule has 1 atom stereocenters. The predicted octanol–water partition coefficient (Wildman–Crippen LogP) is 2.55. The van der Waals surface area contributed by atoms with Crippen LogP contribution in [0.25, 0.3) is 0 Å². The summed E-state index contributed by atoms with van der Waals surface area (Å²) in [5, 5.41) is 0. The Morgan fingerprint density at radius 1 is 1.57 bits per heavy atom. The van der Waals surface area contributed by atoms with Gasteiger partial charge >= 0.3 is 0 Å². The number of pyridine rings is 1. The highest BCUT2D eigenvalue weighted by Crippen LogP contribution is 2.28. The molecule has 1 aliphatic carbocycles. The molecule has 1 heterocycles. The number of nitrogens with zero attached hydrogens (tertiary/aromatic N) is 2. The lowest BCUT2D eigenvalue weighted by atomic mass is 9.90. The average molecular weight is 257 g/mol. The van der Waals surface area contributed by atoms with Gasteiger partial charge in [-0.05, 0) is 34.3 Å². The number of aliphatic imine (C=N–C) groups is 1. The second-order valence-corrected chi connectivity index (χ2v) is 4.12. The fourth-order valence-electron chi connectivity index (χ4n) is 1.77. The molecule has 0 saturated carbocycles. The van der Waals surface area contributed by atoms with E-state index in [1.807, 2.05) is 0 Å². The highest BCUT2D eigenvalue weighted by Gasteiger charge is 2.25.